The van der Waals surface area contributed by atoms with Gasteiger partial charge in [0.2, 0.25) is 0 Å². The summed E-state index contributed by atoms with van der Waals surface area (Å²) >= 11 is 1.83. The third-order valence-electron chi connectivity index (χ3n) is 2.28. The Morgan fingerprint density at radius 2 is 2.27 bits per heavy atom. The molecule has 0 amide bonds. The molecule has 0 aliphatic carbocycles. The predicted octanol–water partition coefficient (Wildman–Crippen LogP) is 2.96. The van der Waals surface area contributed by atoms with Crippen molar-refractivity contribution >= 4 is 17.0 Å². The van der Waals surface area contributed by atoms with Crippen LogP contribution in [0, 0.1) is 6.92 Å². The standard InChI is InChI=1S/C11H15N3S/c1-8-4-5-11(15-8)9(2)13-10-6-12-14(3)7-10/h4-7,9,13H,1-3H3/t9-/m0/s1. The summed E-state index contributed by atoms with van der Waals surface area (Å²) in [4.78, 5) is 2.71. The zero-order chi connectivity index (χ0) is 10.8. The molecule has 0 aliphatic heterocycles. The minimum absolute atomic E-state index is 0.341. The first-order valence-corrected chi connectivity index (χ1v) is 5.78. The molecule has 0 aromatic carbocycles. The minimum Gasteiger partial charge on any atom is -0.375 e. The van der Waals surface area contributed by atoms with E-state index in [1.807, 2.05) is 30.8 Å². The SMILES string of the molecule is Cc1ccc([C@H](C)Nc2cnn(C)c2)s1. The van der Waals surface area contributed by atoms with Crippen molar-refractivity contribution in [1.29, 1.82) is 0 Å². The van der Waals surface area contributed by atoms with E-state index in [9.17, 15) is 0 Å². The molecule has 0 spiro atoms. The maximum Gasteiger partial charge on any atom is 0.0731 e. The molecule has 2 aromatic heterocycles. The summed E-state index contributed by atoms with van der Waals surface area (Å²) in [6.07, 6.45) is 3.83. The number of hydrogen-bond acceptors (Lipinski definition) is 3. The van der Waals surface area contributed by atoms with Gasteiger partial charge in [-0.3, -0.25) is 4.68 Å². The molecule has 0 bridgehead atoms. The fraction of sp³-hybridized carbons (Fsp3) is 0.364. The molecule has 2 heterocycles. The number of nitrogens with zero attached hydrogens (tertiary/aromatic N) is 2. The Morgan fingerprint density at radius 3 is 2.80 bits per heavy atom. The number of thiophene rings is 1. The lowest BCUT2D eigenvalue weighted by molar-refractivity contribution is 0.767. The van der Waals surface area contributed by atoms with Gasteiger partial charge >= 0.3 is 0 Å². The summed E-state index contributed by atoms with van der Waals surface area (Å²) in [5.41, 5.74) is 1.07. The Morgan fingerprint density at radius 1 is 1.47 bits per heavy atom. The summed E-state index contributed by atoms with van der Waals surface area (Å²) < 4.78 is 1.80. The first-order valence-electron chi connectivity index (χ1n) is 4.96. The first kappa shape index (κ1) is 10.2. The summed E-state index contributed by atoms with van der Waals surface area (Å²) in [6, 6.07) is 4.67. The van der Waals surface area contributed by atoms with Crippen molar-refractivity contribution in [2.45, 2.75) is 19.9 Å². The van der Waals surface area contributed by atoms with Crippen LogP contribution in [0.2, 0.25) is 0 Å². The number of anilines is 1. The third-order valence-corrected chi connectivity index (χ3v) is 3.46. The van der Waals surface area contributed by atoms with Gasteiger partial charge < -0.3 is 5.32 Å². The highest BCUT2D eigenvalue weighted by atomic mass is 32.1. The van der Waals surface area contributed by atoms with E-state index in [1.165, 1.54) is 9.75 Å². The van der Waals surface area contributed by atoms with Gasteiger partial charge in [0.25, 0.3) is 0 Å². The topological polar surface area (TPSA) is 29.9 Å². The van der Waals surface area contributed by atoms with E-state index in [1.54, 1.807) is 4.68 Å². The number of aromatic nitrogens is 2. The second-order valence-corrected chi connectivity index (χ2v) is 5.04. The van der Waals surface area contributed by atoms with Crippen molar-refractivity contribution in [3.8, 4) is 0 Å². The van der Waals surface area contributed by atoms with Crippen LogP contribution in [-0.4, -0.2) is 9.78 Å². The molecule has 15 heavy (non-hydrogen) atoms. The van der Waals surface area contributed by atoms with Gasteiger partial charge in [0.1, 0.15) is 0 Å². The summed E-state index contributed by atoms with van der Waals surface area (Å²) in [5.74, 6) is 0. The Labute approximate surface area is 93.7 Å². The van der Waals surface area contributed by atoms with Crippen LogP contribution in [0.15, 0.2) is 24.5 Å². The van der Waals surface area contributed by atoms with Crippen LogP contribution < -0.4 is 5.32 Å². The fourth-order valence-corrected chi connectivity index (χ4v) is 2.38. The molecule has 4 heteroatoms. The van der Waals surface area contributed by atoms with E-state index in [2.05, 4.69) is 36.4 Å². The third kappa shape index (κ3) is 2.39. The molecule has 2 aromatic rings. The Kier molecular flexibility index (Phi) is 2.77. The lowest BCUT2D eigenvalue weighted by Crippen LogP contribution is -2.03. The Bertz CT molecular complexity index is 444. The van der Waals surface area contributed by atoms with E-state index in [0.717, 1.165) is 5.69 Å². The van der Waals surface area contributed by atoms with Crippen molar-refractivity contribution in [1.82, 2.24) is 9.78 Å². The van der Waals surface area contributed by atoms with Crippen molar-refractivity contribution in [3.63, 3.8) is 0 Å². The zero-order valence-electron chi connectivity index (χ0n) is 9.19. The van der Waals surface area contributed by atoms with Gasteiger partial charge in [0.05, 0.1) is 17.9 Å². The van der Waals surface area contributed by atoms with Crippen molar-refractivity contribution in [2.24, 2.45) is 7.05 Å². The van der Waals surface area contributed by atoms with E-state index in [-0.39, 0.29) is 0 Å². The van der Waals surface area contributed by atoms with E-state index >= 15 is 0 Å². The quantitative estimate of drug-likeness (QED) is 0.863. The van der Waals surface area contributed by atoms with Crippen LogP contribution in [0.1, 0.15) is 22.7 Å². The summed E-state index contributed by atoms with van der Waals surface area (Å²) in [7, 11) is 1.92. The molecule has 80 valence electrons. The number of nitrogens with one attached hydrogen (secondary N) is 1. The van der Waals surface area contributed by atoms with Crippen molar-refractivity contribution in [3.05, 3.63) is 34.3 Å². The van der Waals surface area contributed by atoms with Gasteiger partial charge in [-0.25, -0.2) is 0 Å². The monoisotopic (exact) mass is 221 g/mol. The normalized spacial score (nSPS) is 12.7. The molecule has 0 aliphatic rings. The molecule has 1 atom stereocenters. The largest absolute Gasteiger partial charge is 0.375 e. The zero-order valence-corrected chi connectivity index (χ0v) is 10.0. The first-order chi connectivity index (χ1) is 7.15. The van der Waals surface area contributed by atoms with E-state index < -0.39 is 0 Å². The molecular weight excluding hydrogens is 206 g/mol. The van der Waals surface area contributed by atoms with Gasteiger partial charge in [-0.05, 0) is 26.0 Å². The van der Waals surface area contributed by atoms with Crippen LogP contribution >= 0.6 is 11.3 Å². The maximum atomic E-state index is 4.13. The highest BCUT2D eigenvalue weighted by molar-refractivity contribution is 7.12. The van der Waals surface area contributed by atoms with Crippen LogP contribution in [0.3, 0.4) is 0 Å². The van der Waals surface area contributed by atoms with E-state index in [4.69, 9.17) is 0 Å². The molecule has 0 radical (unpaired) electrons. The predicted molar refractivity (Wildman–Crippen MR) is 64.3 cm³/mol. The van der Waals surface area contributed by atoms with Crippen LogP contribution in [0.25, 0.3) is 0 Å². The van der Waals surface area contributed by atoms with Crippen LogP contribution in [0.5, 0.6) is 0 Å². The van der Waals surface area contributed by atoms with Gasteiger partial charge in [-0.2, -0.15) is 5.10 Å². The van der Waals surface area contributed by atoms with Gasteiger partial charge in [0.15, 0.2) is 0 Å². The molecule has 0 fully saturated rings. The molecule has 3 nitrogen and oxygen atoms in total. The summed E-state index contributed by atoms with van der Waals surface area (Å²) in [6.45, 7) is 4.29. The fourth-order valence-electron chi connectivity index (χ4n) is 1.50. The average Bonchev–Trinajstić information content (AvgIpc) is 2.75. The average molecular weight is 221 g/mol. The molecule has 0 unspecified atom stereocenters. The lowest BCUT2D eigenvalue weighted by Gasteiger charge is -2.11. The summed E-state index contributed by atoms with van der Waals surface area (Å²) in [5, 5.41) is 7.55. The van der Waals surface area contributed by atoms with Crippen LogP contribution in [0.4, 0.5) is 5.69 Å². The van der Waals surface area contributed by atoms with Crippen molar-refractivity contribution in [2.75, 3.05) is 5.32 Å². The smallest absolute Gasteiger partial charge is 0.0731 e. The molecular formula is C11H15N3S. The Balaban J connectivity index is 2.06. The maximum absolute atomic E-state index is 4.13. The van der Waals surface area contributed by atoms with Gasteiger partial charge in [-0.1, -0.05) is 0 Å². The number of hydrogen-bond donors (Lipinski definition) is 1. The molecule has 0 saturated carbocycles. The van der Waals surface area contributed by atoms with Gasteiger partial charge in [0, 0.05) is 23.0 Å². The highest BCUT2D eigenvalue weighted by Gasteiger charge is 2.07. The van der Waals surface area contributed by atoms with Gasteiger partial charge in [-0.15, -0.1) is 11.3 Å². The van der Waals surface area contributed by atoms with E-state index in [0.29, 0.717) is 6.04 Å². The highest BCUT2D eigenvalue weighted by Crippen LogP contribution is 2.25. The number of rotatable bonds is 3. The van der Waals surface area contributed by atoms with Crippen molar-refractivity contribution < 1.29 is 0 Å². The second-order valence-electron chi connectivity index (χ2n) is 3.72. The molecule has 2 rings (SSSR count). The number of aryl methyl sites for hydroxylation is 2. The van der Waals surface area contributed by atoms with Crippen LogP contribution in [-0.2, 0) is 7.05 Å². The molecule has 1 N–H and O–H groups in total. The molecule has 0 saturated heterocycles. The Hall–Kier alpha value is -1.29. The lowest BCUT2D eigenvalue weighted by atomic mass is 10.2. The second kappa shape index (κ2) is 4.06. The minimum atomic E-state index is 0.341.